The first-order valence-corrected chi connectivity index (χ1v) is 9.93. The monoisotopic (exact) mass is 403 g/mol. The third kappa shape index (κ3) is 4.62. The molecule has 0 aliphatic carbocycles. The molecule has 1 aromatic heterocycles. The van der Waals surface area contributed by atoms with Crippen LogP contribution in [0.1, 0.15) is 43.2 Å². The molecule has 2 aromatic rings. The Kier molecular flexibility index (Phi) is 6.20. The standard InChI is InChI=1S/C21H26ClN3O3/c1-15(17-6-4-3-5-7-17)12-18(26)24-10-8-21(28,9-11-24)13-25-14-23-19(22)16(2)20(25)27/h3-7,14-15,28H,8-13H2,1-2H3/t15-/m1/s1. The SMILES string of the molecule is Cc1c(Cl)ncn(CC2(O)CCN(C(=O)C[C@@H](C)c3ccccc3)CC2)c1=O. The van der Waals surface area contributed by atoms with E-state index in [-0.39, 0.29) is 29.1 Å². The maximum atomic E-state index is 12.7. The lowest BCUT2D eigenvalue weighted by Gasteiger charge is -2.38. The normalized spacial score (nSPS) is 17.4. The molecule has 1 atom stereocenters. The summed E-state index contributed by atoms with van der Waals surface area (Å²) in [5, 5.41) is 11.1. The van der Waals surface area contributed by atoms with Crippen molar-refractivity contribution in [3.05, 3.63) is 63.3 Å². The van der Waals surface area contributed by atoms with Crippen molar-refractivity contribution in [3.8, 4) is 0 Å². The lowest BCUT2D eigenvalue weighted by atomic mass is 9.90. The predicted octanol–water partition coefficient (Wildman–Crippen LogP) is 2.75. The molecule has 1 saturated heterocycles. The molecule has 1 fully saturated rings. The predicted molar refractivity (Wildman–Crippen MR) is 108 cm³/mol. The van der Waals surface area contributed by atoms with Gasteiger partial charge in [0.25, 0.3) is 5.56 Å². The Morgan fingerprint density at radius 2 is 1.93 bits per heavy atom. The van der Waals surface area contributed by atoms with Crippen LogP contribution in [0.2, 0.25) is 5.15 Å². The van der Waals surface area contributed by atoms with Crippen molar-refractivity contribution in [3.63, 3.8) is 0 Å². The summed E-state index contributed by atoms with van der Waals surface area (Å²) in [5.41, 5.74) is 0.237. The molecule has 0 unspecified atom stereocenters. The molecule has 1 aliphatic heterocycles. The van der Waals surface area contributed by atoms with Crippen molar-refractivity contribution in [2.24, 2.45) is 0 Å². The Morgan fingerprint density at radius 3 is 2.57 bits per heavy atom. The smallest absolute Gasteiger partial charge is 0.257 e. The van der Waals surface area contributed by atoms with Crippen molar-refractivity contribution < 1.29 is 9.90 Å². The minimum absolute atomic E-state index is 0.0968. The number of halogens is 1. The summed E-state index contributed by atoms with van der Waals surface area (Å²) in [5.74, 6) is 0.246. The maximum Gasteiger partial charge on any atom is 0.257 e. The van der Waals surface area contributed by atoms with Crippen LogP contribution in [-0.2, 0) is 11.3 Å². The van der Waals surface area contributed by atoms with Crippen molar-refractivity contribution in [1.29, 1.82) is 0 Å². The highest BCUT2D eigenvalue weighted by molar-refractivity contribution is 6.30. The maximum absolute atomic E-state index is 12.7. The van der Waals surface area contributed by atoms with Gasteiger partial charge in [-0.15, -0.1) is 0 Å². The van der Waals surface area contributed by atoms with E-state index < -0.39 is 5.60 Å². The van der Waals surface area contributed by atoms with Crippen LogP contribution in [0, 0.1) is 6.92 Å². The second-order valence-electron chi connectivity index (χ2n) is 7.71. The van der Waals surface area contributed by atoms with Crippen LogP contribution in [0.3, 0.4) is 0 Å². The van der Waals surface area contributed by atoms with Gasteiger partial charge in [-0.25, -0.2) is 4.98 Å². The zero-order chi connectivity index (χ0) is 20.3. The number of likely N-dealkylation sites (tertiary alicyclic amines) is 1. The Morgan fingerprint density at radius 1 is 1.29 bits per heavy atom. The van der Waals surface area contributed by atoms with Gasteiger partial charge in [0.05, 0.1) is 24.0 Å². The van der Waals surface area contributed by atoms with Crippen LogP contribution in [0.15, 0.2) is 41.5 Å². The van der Waals surface area contributed by atoms with E-state index >= 15 is 0 Å². The van der Waals surface area contributed by atoms with Gasteiger partial charge in [0, 0.05) is 19.5 Å². The first-order valence-electron chi connectivity index (χ1n) is 9.56. The minimum atomic E-state index is -1.03. The summed E-state index contributed by atoms with van der Waals surface area (Å²) in [7, 11) is 0. The average molecular weight is 404 g/mol. The van der Waals surface area contributed by atoms with E-state index in [9.17, 15) is 14.7 Å². The summed E-state index contributed by atoms with van der Waals surface area (Å²) < 4.78 is 1.40. The van der Waals surface area contributed by atoms with E-state index in [4.69, 9.17) is 11.6 Å². The molecule has 28 heavy (non-hydrogen) atoms. The number of aromatic nitrogens is 2. The summed E-state index contributed by atoms with van der Waals surface area (Å²) in [4.78, 5) is 30.7. The van der Waals surface area contributed by atoms with Crippen LogP contribution >= 0.6 is 11.6 Å². The molecule has 1 aliphatic rings. The zero-order valence-corrected chi connectivity index (χ0v) is 17.0. The van der Waals surface area contributed by atoms with Crippen LogP contribution in [0.5, 0.6) is 0 Å². The Bertz CT molecular complexity index is 890. The largest absolute Gasteiger partial charge is 0.388 e. The third-order valence-electron chi connectivity index (χ3n) is 5.56. The van der Waals surface area contributed by atoms with Crippen LogP contribution in [0.25, 0.3) is 0 Å². The summed E-state index contributed by atoms with van der Waals surface area (Å²) in [6.45, 7) is 4.78. The summed E-state index contributed by atoms with van der Waals surface area (Å²) in [6, 6.07) is 9.99. The molecular weight excluding hydrogens is 378 g/mol. The second-order valence-corrected chi connectivity index (χ2v) is 8.07. The fourth-order valence-corrected chi connectivity index (χ4v) is 3.75. The molecule has 6 nitrogen and oxygen atoms in total. The van der Waals surface area contributed by atoms with Gasteiger partial charge in [-0.2, -0.15) is 0 Å². The van der Waals surface area contributed by atoms with E-state index in [0.717, 1.165) is 5.56 Å². The Balaban J connectivity index is 1.58. The van der Waals surface area contributed by atoms with Gasteiger partial charge >= 0.3 is 0 Å². The Labute approximate surface area is 169 Å². The number of rotatable bonds is 5. The molecule has 2 heterocycles. The highest BCUT2D eigenvalue weighted by Crippen LogP contribution is 2.26. The molecule has 0 spiro atoms. The van der Waals surface area contributed by atoms with Crippen molar-refractivity contribution in [2.45, 2.75) is 51.2 Å². The molecule has 0 saturated carbocycles. The number of aliphatic hydroxyl groups is 1. The molecule has 7 heteroatoms. The van der Waals surface area contributed by atoms with Crippen molar-refractivity contribution >= 4 is 17.5 Å². The average Bonchev–Trinajstić information content (AvgIpc) is 2.69. The van der Waals surface area contributed by atoms with E-state index in [1.807, 2.05) is 35.2 Å². The van der Waals surface area contributed by atoms with Crippen LogP contribution in [-0.4, -0.2) is 44.2 Å². The Hall–Kier alpha value is -2.18. The van der Waals surface area contributed by atoms with Gasteiger partial charge in [0.2, 0.25) is 5.91 Å². The zero-order valence-electron chi connectivity index (χ0n) is 16.3. The van der Waals surface area contributed by atoms with Gasteiger partial charge in [-0.05, 0) is 31.2 Å². The summed E-state index contributed by atoms with van der Waals surface area (Å²) >= 11 is 5.87. The van der Waals surface area contributed by atoms with Gasteiger partial charge in [0.15, 0.2) is 0 Å². The highest BCUT2D eigenvalue weighted by Gasteiger charge is 2.35. The number of piperidine rings is 1. The van der Waals surface area contributed by atoms with Crippen molar-refractivity contribution in [1.82, 2.24) is 14.5 Å². The highest BCUT2D eigenvalue weighted by atomic mass is 35.5. The fraction of sp³-hybridized carbons (Fsp3) is 0.476. The lowest BCUT2D eigenvalue weighted by molar-refractivity contribution is -0.136. The quantitative estimate of drug-likeness (QED) is 0.779. The van der Waals surface area contributed by atoms with Gasteiger partial charge in [-0.1, -0.05) is 48.9 Å². The minimum Gasteiger partial charge on any atom is -0.388 e. The first kappa shape index (κ1) is 20.6. The number of amides is 1. The van der Waals surface area contributed by atoms with Crippen LogP contribution < -0.4 is 5.56 Å². The van der Waals surface area contributed by atoms with Gasteiger partial charge < -0.3 is 10.0 Å². The number of hydrogen-bond acceptors (Lipinski definition) is 4. The molecule has 1 amide bonds. The van der Waals surface area contributed by atoms with E-state index in [0.29, 0.717) is 37.9 Å². The number of carbonyl (C=O) groups excluding carboxylic acids is 1. The van der Waals surface area contributed by atoms with Gasteiger partial charge in [0.1, 0.15) is 5.15 Å². The third-order valence-corrected chi connectivity index (χ3v) is 5.94. The van der Waals surface area contributed by atoms with E-state index in [2.05, 4.69) is 11.9 Å². The molecule has 0 bridgehead atoms. The van der Waals surface area contributed by atoms with E-state index in [1.165, 1.54) is 10.9 Å². The van der Waals surface area contributed by atoms with Gasteiger partial charge in [-0.3, -0.25) is 14.2 Å². The topological polar surface area (TPSA) is 75.4 Å². The molecule has 150 valence electrons. The first-order chi connectivity index (χ1) is 13.3. The number of carbonyl (C=O) groups is 1. The molecular formula is C21H26ClN3O3. The fourth-order valence-electron chi connectivity index (χ4n) is 3.62. The second kappa shape index (κ2) is 8.45. The van der Waals surface area contributed by atoms with E-state index in [1.54, 1.807) is 6.92 Å². The lowest BCUT2D eigenvalue weighted by Crippen LogP contribution is -2.50. The molecule has 3 rings (SSSR count). The number of hydrogen-bond donors (Lipinski definition) is 1. The summed E-state index contributed by atoms with van der Waals surface area (Å²) in [6.07, 6.45) is 2.66. The number of benzene rings is 1. The molecule has 1 aromatic carbocycles. The van der Waals surface area contributed by atoms with Crippen molar-refractivity contribution in [2.75, 3.05) is 13.1 Å². The van der Waals surface area contributed by atoms with Crippen LogP contribution in [0.4, 0.5) is 0 Å². The number of nitrogens with zero attached hydrogens (tertiary/aromatic N) is 3. The molecule has 0 radical (unpaired) electrons. The molecule has 1 N–H and O–H groups in total.